The SMILES string of the molecule is O=C(Nc1cnc2ccc(-c3cccnc3)cc2c1)[C@H](CO)n1ccnc1. The normalized spacial score (nSPS) is 12.0. The molecule has 7 nitrogen and oxygen atoms in total. The quantitative estimate of drug-likeness (QED) is 0.571. The lowest BCUT2D eigenvalue weighted by Crippen LogP contribution is -2.28. The Morgan fingerprint density at radius 2 is 2.04 bits per heavy atom. The Balaban J connectivity index is 1.61. The summed E-state index contributed by atoms with van der Waals surface area (Å²) in [5, 5.41) is 13.3. The predicted molar refractivity (Wildman–Crippen MR) is 102 cm³/mol. The van der Waals surface area contributed by atoms with E-state index >= 15 is 0 Å². The lowest BCUT2D eigenvalue weighted by molar-refractivity contribution is -0.120. The van der Waals surface area contributed by atoms with Crippen LogP contribution < -0.4 is 5.32 Å². The molecule has 0 aliphatic rings. The van der Waals surface area contributed by atoms with Crippen LogP contribution in [0.15, 0.2) is 73.7 Å². The highest BCUT2D eigenvalue weighted by Crippen LogP contribution is 2.25. The Bertz CT molecular complexity index is 1060. The van der Waals surface area contributed by atoms with E-state index in [1.807, 2.05) is 36.4 Å². The first-order valence-corrected chi connectivity index (χ1v) is 8.44. The van der Waals surface area contributed by atoms with Gasteiger partial charge in [0, 0.05) is 35.7 Å². The van der Waals surface area contributed by atoms with Gasteiger partial charge in [-0.15, -0.1) is 0 Å². The third kappa shape index (κ3) is 3.54. The number of rotatable bonds is 5. The lowest BCUT2D eigenvalue weighted by Gasteiger charge is -2.15. The second-order valence-corrected chi connectivity index (χ2v) is 6.07. The minimum atomic E-state index is -0.745. The van der Waals surface area contributed by atoms with Gasteiger partial charge in [-0.3, -0.25) is 14.8 Å². The van der Waals surface area contributed by atoms with E-state index in [4.69, 9.17) is 0 Å². The molecule has 27 heavy (non-hydrogen) atoms. The van der Waals surface area contributed by atoms with E-state index in [2.05, 4.69) is 20.3 Å². The van der Waals surface area contributed by atoms with Crippen molar-refractivity contribution in [3.8, 4) is 11.1 Å². The number of nitrogens with zero attached hydrogens (tertiary/aromatic N) is 4. The molecule has 0 saturated carbocycles. The maximum atomic E-state index is 12.5. The molecular formula is C20H17N5O2. The van der Waals surface area contributed by atoms with Crippen molar-refractivity contribution in [3.63, 3.8) is 0 Å². The van der Waals surface area contributed by atoms with Gasteiger partial charge in [-0.25, -0.2) is 4.98 Å². The Labute approximate surface area is 155 Å². The molecule has 0 fully saturated rings. The summed E-state index contributed by atoms with van der Waals surface area (Å²) in [6, 6.07) is 10.9. The number of amides is 1. The Hall–Kier alpha value is -3.58. The molecule has 2 N–H and O–H groups in total. The molecule has 4 aromatic rings. The number of aliphatic hydroxyl groups excluding tert-OH is 1. The average molecular weight is 359 g/mol. The third-order valence-electron chi connectivity index (χ3n) is 4.30. The molecule has 0 aliphatic heterocycles. The number of carbonyl (C=O) groups excluding carboxylic acids is 1. The van der Waals surface area contributed by atoms with Gasteiger partial charge in [0.1, 0.15) is 6.04 Å². The molecular weight excluding hydrogens is 342 g/mol. The maximum Gasteiger partial charge on any atom is 0.249 e. The lowest BCUT2D eigenvalue weighted by atomic mass is 10.0. The van der Waals surface area contributed by atoms with Crippen LogP contribution in [0.4, 0.5) is 5.69 Å². The van der Waals surface area contributed by atoms with Gasteiger partial charge >= 0.3 is 0 Å². The highest BCUT2D eigenvalue weighted by Gasteiger charge is 2.19. The Morgan fingerprint density at radius 1 is 1.11 bits per heavy atom. The van der Waals surface area contributed by atoms with Crippen molar-refractivity contribution in [1.82, 2.24) is 19.5 Å². The molecule has 7 heteroatoms. The number of imidazole rings is 1. The first-order chi connectivity index (χ1) is 13.2. The van der Waals surface area contributed by atoms with Crippen molar-refractivity contribution in [2.45, 2.75) is 6.04 Å². The van der Waals surface area contributed by atoms with E-state index in [0.717, 1.165) is 22.0 Å². The van der Waals surface area contributed by atoms with Gasteiger partial charge in [-0.2, -0.15) is 0 Å². The second kappa shape index (κ2) is 7.35. The fourth-order valence-corrected chi connectivity index (χ4v) is 2.90. The van der Waals surface area contributed by atoms with Gasteiger partial charge in [-0.1, -0.05) is 12.1 Å². The van der Waals surface area contributed by atoms with Crippen LogP contribution in [-0.4, -0.2) is 37.1 Å². The molecule has 0 aliphatic carbocycles. The van der Waals surface area contributed by atoms with Crippen LogP contribution >= 0.6 is 0 Å². The molecule has 0 spiro atoms. The van der Waals surface area contributed by atoms with Crippen molar-refractivity contribution in [2.75, 3.05) is 11.9 Å². The molecule has 134 valence electrons. The number of carbonyl (C=O) groups is 1. The topological polar surface area (TPSA) is 92.9 Å². The van der Waals surface area contributed by atoms with E-state index < -0.39 is 6.04 Å². The minimum Gasteiger partial charge on any atom is -0.394 e. The summed E-state index contributed by atoms with van der Waals surface area (Å²) in [4.78, 5) is 25.0. The summed E-state index contributed by atoms with van der Waals surface area (Å²) in [5.74, 6) is -0.333. The van der Waals surface area contributed by atoms with E-state index in [1.54, 1.807) is 35.6 Å². The molecule has 0 saturated heterocycles. The molecule has 0 bridgehead atoms. The van der Waals surface area contributed by atoms with Crippen molar-refractivity contribution < 1.29 is 9.90 Å². The van der Waals surface area contributed by atoms with Gasteiger partial charge in [0.25, 0.3) is 0 Å². The van der Waals surface area contributed by atoms with Crippen LogP contribution in [0.2, 0.25) is 0 Å². The molecule has 0 radical (unpaired) electrons. The molecule has 0 unspecified atom stereocenters. The Kier molecular flexibility index (Phi) is 4.59. The number of anilines is 1. The molecule has 4 rings (SSSR count). The van der Waals surface area contributed by atoms with Crippen LogP contribution in [0.25, 0.3) is 22.0 Å². The summed E-state index contributed by atoms with van der Waals surface area (Å²) in [6.45, 7) is -0.325. The molecule has 3 aromatic heterocycles. The number of hydrogen-bond acceptors (Lipinski definition) is 5. The van der Waals surface area contributed by atoms with Crippen LogP contribution in [-0.2, 0) is 4.79 Å². The first kappa shape index (κ1) is 16.9. The number of hydrogen-bond donors (Lipinski definition) is 2. The number of fused-ring (bicyclic) bond motifs is 1. The monoisotopic (exact) mass is 359 g/mol. The number of aromatic nitrogens is 4. The molecule has 3 heterocycles. The second-order valence-electron chi connectivity index (χ2n) is 6.07. The van der Waals surface area contributed by atoms with Gasteiger partial charge in [-0.05, 0) is 29.8 Å². The van der Waals surface area contributed by atoms with E-state index in [-0.39, 0.29) is 12.5 Å². The highest BCUT2D eigenvalue weighted by atomic mass is 16.3. The predicted octanol–water partition coefficient (Wildman–Crippen LogP) is 2.67. The standard InChI is InChI=1S/C20H17N5O2/c26-12-19(25-7-6-22-13-25)20(27)24-17-9-16-8-14(3-4-18(16)23-11-17)15-2-1-5-21-10-15/h1-11,13,19,26H,12H2,(H,24,27)/t19-/m0/s1. The van der Waals surface area contributed by atoms with Crippen molar-refractivity contribution >= 4 is 22.5 Å². The van der Waals surface area contributed by atoms with Gasteiger partial charge < -0.3 is 15.0 Å². The smallest absolute Gasteiger partial charge is 0.249 e. The van der Waals surface area contributed by atoms with Gasteiger partial charge in [0.05, 0.1) is 30.3 Å². The summed E-state index contributed by atoms with van der Waals surface area (Å²) < 4.78 is 1.56. The van der Waals surface area contributed by atoms with Gasteiger partial charge in [0.2, 0.25) is 5.91 Å². The fourth-order valence-electron chi connectivity index (χ4n) is 2.90. The summed E-state index contributed by atoms with van der Waals surface area (Å²) in [6.07, 6.45) is 9.84. The number of pyridine rings is 2. The maximum absolute atomic E-state index is 12.5. The van der Waals surface area contributed by atoms with Crippen molar-refractivity contribution in [1.29, 1.82) is 0 Å². The van der Waals surface area contributed by atoms with Crippen LogP contribution in [0.3, 0.4) is 0 Å². The van der Waals surface area contributed by atoms with E-state index in [0.29, 0.717) is 5.69 Å². The summed E-state index contributed by atoms with van der Waals surface area (Å²) >= 11 is 0. The number of aliphatic hydroxyl groups is 1. The zero-order chi connectivity index (χ0) is 18.6. The van der Waals surface area contributed by atoms with Gasteiger partial charge in [0.15, 0.2) is 0 Å². The van der Waals surface area contributed by atoms with Crippen LogP contribution in [0, 0.1) is 0 Å². The molecule has 1 aromatic carbocycles. The third-order valence-corrected chi connectivity index (χ3v) is 4.30. The zero-order valence-electron chi connectivity index (χ0n) is 14.4. The van der Waals surface area contributed by atoms with E-state index in [9.17, 15) is 9.90 Å². The molecule has 1 amide bonds. The van der Waals surface area contributed by atoms with Crippen molar-refractivity contribution in [3.05, 3.63) is 73.7 Å². The number of benzene rings is 1. The average Bonchev–Trinajstić information content (AvgIpc) is 3.23. The fraction of sp³-hybridized carbons (Fsp3) is 0.100. The highest BCUT2D eigenvalue weighted by molar-refractivity contribution is 5.96. The minimum absolute atomic E-state index is 0.325. The van der Waals surface area contributed by atoms with Crippen LogP contribution in [0.1, 0.15) is 6.04 Å². The van der Waals surface area contributed by atoms with Crippen molar-refractivity contribution in [2.24, 2.45) is 0 Å². The summed E-state index contributed by atoms with van der Waals surface area (Å²) in [5.41, 5.74) is 3.42. The number of nitrogens with one attached hydrogen (secondary N) is 1. The Morgan fingerprint density at radius 3 is 2.78 bits per heavy atom. The van der Waals surface area contributed by atoms with Crippen LogP contribution in [0.5, 0.6) is 0 Å². The first-order valence-electron chi connectivity index (χ1n) is 8.44. The summed E-state index contributed by atoms with van der Waals surface area (Å²) in [7, 11) is 0. The zero-order valence-corrected chi connectivity index (χ0v) is 14.4. The van der Waals surface area contributed by atoms with E-state index in [1.165, 1.54) is 6.33 Å². The molecule has 1 atom stereocenters. The largest absolute Gasteiger partial charge is 0.394 e.